The first kappa shape index (κ1) is 15.3. The molecule has 0 radical (unpaired) electrons. The van der Waals surface area contributed by atoms with Crippen molar-refractivity contribution in [2.45, 2.75) is 6.18 Å². The van der Waals surface area contributed by atoms with Crippen molar-refractivity contribution in [3.8, 4) is 5.75 Å². The van der Waals surface area contributed by atoms with Gasteiger partial charge in [0, 0.05) is 12.1 Å². The summed E-state index contributed by atoms with van der Waals surface area (Å²) in [6, 6.07) is 2.76. The molecule has 0 atom stereocenters. The van der Waals surface area contributed by atoms with Crippen molar-refractivity contribution in [3.63, 3.8) is 0 Å². The molecule has 0 bridgehead atoms. The molecule has 0 unspecified atom stereocenters. The fraction of sp³-hybridized carbons (Fsp3) is 0.417. The van der Waals surface area contributed by atoms with Crippen LogP contribution in [0, 0.1) is 0 Å². The number of ether oxygens (including phenoxy) is 1. The summed E-state index contributed by atoms with van der Waals surface area (Å²) in [4.78, 5) is 12.8. The fourth-order valence-corrected chi connectivity index (χ4v) is 1.33. The van der Waals surface area contributed by atoms with Crippen molar-refractivity contribution in [1.82, 2.24) is 4.90 Å². The third-order valence-electron chi connectivity index (χ3n) is 2.33. The van der Waals surface area contributed by atoms with Gasteiger partial charge in [0.1, 0.15) is 12.4 Å². The van der Waals surface area contributed by atoms with Gasteiger partial charge in [0.2, 0.25) is 5.91 Å². The number of hydrogen-bond donors (Lipinski definition) is 1. The van der Waals surface area contributed by atoms with Gasteiger partial charge in [-0.3, -0.25) is 4.79 Å². The van der Waals surface area contributed by atoms with Gasteiger partial charge in [0.15, 0.2) is 0 Å². The van der Waals surface area contributed by atoms with Crippen LogP contribution in [0.15, 0.2) is 18.2 Å². The maximum absolute atomic E-state index is 12.6. The number of carbonyl (C=O) groups excluding carboxylic acids is 1. The Morgan fingerprint density at radius 3 is 2.42 bits per heavy atom. The number of alkyl halides is 3. The second-order valence-electron chi connectivity index (χ2n) is 4.26. The van der Waals surface area contributed by atoms with E-state index in [2.05, 4.69) is 0 Å². The average Bonchev–Trinajstić information content (AvgIpc) is 2.26. The van der Waals surface area contributed by atoms with Crippen molar-refractivity contribution in [2.75, 3.05) is 27.2 Å². The molecule has 2 N–H and O–H groups in total. The van der Waals surface area contributed by atoms with E-state index in [1.165, 1.54) is 6.07 Å². The summed E-state index contributed by atoms with van der Waals surface area (Å²) in [6.07, 6.45) is -4.55. The van der Waals surface area contributed by atoms with Crippen LogP contribution in [-0.2, 0) is 6.18 Å². The maximum Gasteiger partial charge on any atom is 0.416 e. The lowest BCUT2D eigenvalue weighted by Gasteiger charge is -2.14. The smallest absolute Gasteiger partial charge is 0.416 e. The second kappa shape index (κ2) is 5.92. The van der Waals surface area contributed by atoms with Crippen LogP contribution < -0.4 is 10.5 Å². The van der Waals surface area contributed by atoms with Crippen molar-refractivity contribution in [1.29, 1.82) is 0 Å². The Labute approximate surface area is 108 Å². The predicted octanol–water partition coefficient (Wildman–Crippen LogP) is 1.74. The number of benzene rings is 1. The molecular formula is C12H15F3N2O2. The minimum absolute atomic E-state index is 0.0227. The molecule has 1 aromatic carbocycles. The number of rotatable bonds is 5. The molecule has 19 heavy (non-hydrogen) atoms. The maximum atomic E-state index is 12.6. The highest BCUT2D eigenvalue weighted by molar-refractivity contribution is 5.93. The average molecular weight is 276 g/mol. The van der Waals surface area contributed by atoms with E-state index >= 15 is 0 Å². The number of likely N-dealkylation sites (N-methyl/N-ethyl adjacent to an activating group) is 1. The molecule has 0 aliphatic carbocycles. The molecule has 1 rings (SSSR count). The minimum atomic E-state index is -4.55. The fourth-order valence-electron chi connectivity index (χ4n) is 1.33. The largest absolute Gasteiger partial charge is 0.492 e. The lowest BCUT2D eigenvalue weighted by molar-refractivity contribution is -0.137. The van der Waals surface area contributed by atoms with E-state index in [0.717, 1.165) is 6.07 Å². The van der Waals surface area contributed by atoms with E-state index in [1.54, 1.807) is 0 Å². The van der Waals surface area contributed by atoms with Crippen molar-refractivity contribution >= 4 is 5.91 Å². The van der Waals surface area contributed by atoms with Crippen LogP contribution in [0.1, 0.15) is 15.9 Å². The van der Waals surface area contributed by atoms with Gasteiger partial charge in [-0.2, -0.15) is 13.2 Å². The molecule has 0 saturated heterocycles. The highest BCUT2D eigenvalue weighted by Gasteiger charge is 2.31. The molecule has 0 fully saturated rings. The van der Waals surface area contributed by atoms with Gasteiger partial charge in [0.25, 0.3) is 0 Å². The Bertz CT molecular complexity index is 459. The van der Waals surface area contributed by atoms with E-state index < -0.39 is 17.6 Å². The summed E-state index contributed by atoms with van der Waals surface area (Å²) >= 11 is 0. The minimum Gasteiger partial charge on any atom is -0.492 e. The van der Waals surface area contributed by atoms with Gasteiger partial charge in [-0.05, 0) is 32.3 Å². The number of nitrogens with two attached hydrogens (primary N) is 1. The van der Waals surface area contributed by atoms with Gasteiger partial charge in [-0.25, -0.2) is 0 Å². The van der Waals surface area contributed by atoms with Crippen LogP contribution in [0.2, 0.25) is 0 Å². The number of hydrogen-bond acceptors (Lipinski definition) is 3. The summed E-state index contributed by atoms with van der Waals surface area (Å²) in [5.74, 6) is -0.950. The molecule has 1 amide bonds. The number of amides is 1. The molecule has 1 aromatic rings. The zero-order chi connectivity index (χ0) is 14.6. The van der Waals surface area contributed by atoms with Crippen LogP contribution in [-0.4, -0.2) is 38.1 Å². The van der Waals surface area contributed by atoms with Crippen molar-refractivity contribution in [2.24, 2.45) is 5.73 Å². The van der Waals surface area contributed by atoms with E-state index in [1.807, 2.05) is 19.0 Å². The summed E-state index contributed by atoms with van der Waals surface area (Å²) in [5, 5.41) is 0. The second-order valence-corrected chi connectivity index (χ2v) is 4.26. The zero-order valence-electron chi connectivity index (χ0n) is 10.6. The highest BCUT2D eigenvalue weighted by Crippen LogP contribution is 2.32. The molecule has 0 aliphatic heterocycles. The Morgan fingerprint density at radius 2 is 1.95 bits per heavy atom. The molecule has 4 nitrogen and oxygen atoms in total. The summed E-state index contributed by atoms with van der Waals surface area (Å²) in [5.41, 5.74) is 3.82. The molecule has 106 valence electrons. The number of nitrogens with zero attached hydrogens (tertiary/aromatic N) is 1. The van der Waals surface area contributed by atoms with Gasteiger partial charge in [0.05, 0.1) is 5.56 Å². The Hall–Kier alpha value is -1.76. The van der Waals surface area contributed by atoms with E-state index in [0.29, 0.717) is 12.6 Å². The molecule has 7 heteroatoms. The zero-order valence-corrected chi connectivity index (χ0v) is 10.6. The molecule has 0 saturated carbocycles. The van der Waals surface area contributed by atoms with E-state index in [-0.39, 0.29) is 17.9 Å². The highest BCUT2D eigenvalue weighted by atomic mass is 19.4. The van der Waals surface area contributed by atoms with Gasteiger partial charge >= 0.3 is 6.18 Å². The van der Waals surface area contributed by atoms with Crippen LogP contribution in [0.5, 0.6) is 5.75 Å². The van der Waals surface area contributed by atoms with Crippen LogP contribution >= 0.6 is 0 Å². The summed E-state index contributed by atoms with van der Waals surface area (Å²) in [6.45, 7) is 0.759. The first-order valence-corrected chi connectivity index (χ1v) is 5.50. The summed E-state index contributed by atoms with van der Waals surface area (Å²) < 4.78 is 43.1. The number of carbonyl (C=O) groups is 1. The van der Waals surface area contributed by atoms with Crippen molar-refractivity contribution < 1.29 is 22.7 Å². The van der Waals surface area contributed by atoms with Crippen LogP contribution in [0.3, 0.4) is 0 Å². The SMILES string of the molecule is CN(C)CCOc1cc(C(N)=O)cc(C(F)(F)F)c1. The number of halogens is 3. The molecule has 0 aliphatic rings. The lowest BCUT2D eigenvalue weighted by Crippen LogP contribution is -2.20. The molecule has 0 spiro atoms. The molecule has 0 heterocycles. The molecular weight excluding hydrogens is 261 g/mol. The monoisotopic (exact) mass is 276 g/mol. The van der Waals surface area contributed by atoms with Crippen molar-refractivity contribution in [3.05, 3.63) is 29.3 Å². The topological polar surface area (TPSA) is 55.6 Å². The van der Waals surface area contributed by atoms with E-state index in [9.17, 15) is 18.0 Å². The van der Waals surface area contributed by atoms with Gasteiger partial charge in [-0.1, -0.05) is 0 Å². The third-order valence-corrected chi connectivity index (χ3v) is 2.33. The number of primary amides is 1. The summed E-state index contributed by atoms with van der Waals surface area (Å²) in [7, 11) is 3.62. The first-order valence-electron chi connectivity index (χ1n) is 5.50. The Kier molecular flexibility index (Phi) is 4.77. The first-order chi connectivity index (χ1) is 8.70. The lowest BCUT2D eigenvalue weighted by atomic mass is 10.1. The standard InChI is InChI=1S/C12H15F3N2O2/c1-17(2)3-4-19-10-6-8(11(16)18)5-9(7-10)12(13,14)15/h5-7H,3-4H2,1-2H3,(H2,16,18). The van der Waals surface area contributed by atoms with Gasteiger partial charge < -0.3 is 15.4 Å². The van der Waals surface area contributed by atoms with Gasteiger partial charge in [-0.15, -0.1) is 0 Å². The normalized spacial score (nSPS) is 11.7. The Balaban J connectivity index is 2.97. The van der Waals surface area contributed by atoms with Crippen LogP contribution in [0.25, 0.3) is 0 Å². The Morgan fingerprint density at radius 1 is 1.32 bits per heavy atom. The predicted molar refractivity (Wildman–Crippen MR) is 64.0 cm³/mol. The van der Waals surface area contributed by atoms with Crippen LogP contribution in [0.4, 0.5) is 13.2 Å². The third kappa shape index (κ3) is 4.78. The molecule has 0 aromatic heterocycles. The van der Waals surface area contributed by atoms with E-state index in [4.69, 9.17) is 10.5 Å². The quantitative estimate of drug-likeness (QED) is 0.891.